The number of hydrogen-bond donors (Lipinski definition) is 1. The first kappa shape index (κ1) is 13.4. The molecule has 0 unspecified atom stereocenters. The van der Waals surface area contributed by atoms with Crippen LogP contribution in [-0.2, 0) is 16.2 Å². The second-order valence-electron chi connectivity index (χ2n) is 6.52. The fourth-order valence-corrected chi connectivity index (χ4v) is 2.95. The molecule has 110 valence electrons. The van der Waals surface area contributed by atoms with Gasteiger partial charge in [-0.05, 0) is 39.7 Å². The van der Waals surface area contributed by atoms with Crippen LogP contribution in [0.15, 0.2) is 12.5 Å². The summed E-state index contributed by atoms with van der Waals surface area (Å²) in [7, 11) is 1.48. The highest BCUT2D eigenvalue weighted by Crippen LogP contribution is 2.68. The van der Waals surface area contributed by atoms with Crippen LogP contribution in [0.25, 0.3) is 0 Å². The number of rotatable bonds is 3. The predicted octanol–water partition coefficient (Wildman–Crippen LogP) is 3.38. The van der Waals surface area contributed by atoms with Crippen LogP contribution in [0.3, 0.4) is 0 Å². The Morgan fingerprint density at radius 1 is 1.50 bits per heavy atom. The Bertz CT molecular complexity index is 586. The van der Waals surface area contributed by atoms with Crippen molar-refractivity contribution < 1.29 is 13.5 Å². The van der Waals surface area contributed by atoms with Crippen LogP contribution in [-0.4, -0.2) is 16.9 Å². The van der Waals surface area contributed by atoms with Gasteiger partial charge in [0.2, 0.25) is 0 Å². The number of alkyl halides is 2. The first-order chi connectivity index (χ1) is 9.17. The molecule has 0 bridgehead atoms. The maximum absolute atomic E-state index is 14.5. The third kappa shape index (κ3) is 1.66. The zero-order chi connectivity index (χ0) is 14.9. The SMILES string of the molecule is C=C(Nc1nn(C(C)(C)C)c2c1[C@H]1C[C@H]1C2(F)F)OC. The lowest BCUT2D eigenvalue weighted by Crippen LogP contribution is -2.30. The number of halogens is 2. The molecule has 2 atom stereocenters. The summed E-state index contributed by atoms with van der Waals surface area (Å²) in [4.78, 5) is 0. The molecule has 1 N–H and O–H groups in total. The Labute approximate surface area is 116 Å². The van der Waals surface area contributed by atoms with Gasteiger partial charge >= 0.3 is 0 Å². The van der Waals surface area contributed by atoms with E-state index in [1.807, 2.05) is 20.8 Å². The molecule has 6 heteroatoms. The average molecular weight is 283 g/mol. The van der Waals surface area contributed by atoms with Crippen LogP contribution < -0.4 is 5.32 Å². The molecule has 3 rings (SSSR count). The Hall–Kier alpha value is -1.59. The third-order valence-electron chi connectivity index (χ3n) is 4.00. The Morgan fingerprint density at radius 3 is 2.70 bits per heavy atom. The Kier molecular flexibility index (Phi) is 2.50. The van der Waals surface area contributed by atoms with Crippen molar-refractivity contribution in [1.29, 1.82) is 0 Å². The standard InChI is InChI=1S/C14H19F2N3O/c1-7(20-5)17-12-10-8-6-9(8)14(15,16)11(10)19(18-12)13(2,3)4/h8-9H,1,6H2,2-5H3,(H,17,18)/t8-,9+/m0/s1. The molecule has 1 fully saturated rings. The molecule has 0 aromatic carbocycles. The number of hydrogen-bond acceptors (Lipinski definition) is 3. The summed E-state index contributed by atoms with van der Waals surface area (Å²) >= 11 is 0. The van der Waals surface area contributed by atoms with E-state index in [0.29, 0.717) is 23.7 Å². The molecular formula is C14H19F2N3O. The fraction of sp³-hybridized carbons (Fsp3) is 0.643. The second kappa shape index (κ2) is 3.74. The quantitative estimate of drug-likeness (QED) is 0.864. The maximum Gasteiger partial charge on any atom is 0.293 e. The Morgan fingerprint density at radius 2 is 2.15 bits per heavy atom. The van der Waals surface area contributed by atoms with Crippen molar-refractivity contribution in [3.8, 4) is 0 Å². The van der Waals surface area contributed by atoms with E-state index < -0.39 is 17.4 Å². The van der Waals surface area contributed by atoms with E-state index in [0.717, 1.165) is 0 Å². The predicted molar refractivity (Wildman–Crippen MR) is 71.7 cm³/mol. The van der Waals surface area contributed by atoms with E-state index in [-0.39, 0.29) is 11.6 Å². The lowest BCUT2D eigenvalue weighted by molar-refractivity contribution is -0.0342. The number of aromatic nitrogens is 2. The van der Waals surface area contributed by atoms with Gasteiger partial charge in [0.05, 0.1) is 12.6 Å². The summed E-state index contributed by atoms with van der Waals surface area (Å²) in [6.07, 6.45) is 0.532. The monoisotopic (exact) mass is 283 g/mol. The first-order valence-corrected chi connectivity index (χ1v) is 6.69. The number of nitrogens with one attached hydrogen (secondary N) is 1. The van der Waals surface area contributed by atoms with Gasteiger partial charge in [0.15, 0.2) is 11.7 Å². The van der Waals surface area contributed by atoms with E-state index in [1.165, 1.54) is 11.8 Å². The maximum atomic E-state index is 14.5. The van der Waals surface area contributed by atoms with Crippen LogP contribution >= 0.6 is 0 Å². The van der Waals surface area contributed by atoms with Gasteiger partial charge < -0.3 is 10.1 Å². The van der Waals surface area contributed by atoms with Gasteiger partial charge in [-0.15, -0.1) is 0 Å². The molecule has 1 saturated carbocycles. The third-order valence-corrected chi connectivity index (χ3v) is 4.00. The molecule has 0 radical (unpaired) electrons. The topological polar surface area (TPSA) is 39.1 Å². The van der Waals surface area contributed by atoms with Crippen LogP contribution in [0, 0.1) is 5.92 Å². The molecule has 0 aliphatic heterocycles. The van der Waals surface area contributed by atoms with Crippen LogP contribution in [0.2, 0.25) is 0 Å². The van der Waals surface area contributed by atoms with Crippen molar-refractivity contribution in [1.82, 2.24) is 9.78 Å². The number of nitrogens with zero attached hydrogens (tertiary/aromatic N) is 2. The minimum Gasteiger partial charge on any atom is -0.483 e. The van der Waals surface area contributed by atoms with E-state index in [4.69, 9.17) is 4.74 Å². The summed E-state index contributed by atoms with van der Waals surface area (Å²) < 4.78 is 35.3. The number of anilines is 1. The molecule has 1 aromatic rings. The van der Waals surface area contributed by atoms with Crippen molar-refractivity contribution in [2.45, 2.75) is 44.6 Å². The van der Waals surface area contributed by atoms with Crippen molar-refractivity contribution in [2.24, 2.45) is 5.92 Å². The molecule has 0 amide bonds. The van der Waals surface area contributed by atoms with E-state index in [2.05, 4.69) is 17.0 Å². The summed E-state index contributed by atoms with van der Waals surface area (Å²) in [5.74, 6) is -2.71. The zero-order valence-corrected chi connectivity index (χ0v) is 12.1. The highest BCUT2D eigenvalue weighted by atomic mass is 19.3. The lowest BCUT2D eigenvalue weighted by Gasteiger charge is -2.25. The molecule has 2 aliphatic carbocycles. The van der Waals surface area contributed by atoms with Gasteiger partial charge in [-0.2, -0.15) is 13.9 Å². The van der Waals surface area contributed by atoms with E-state index in [1.54, 1.807) is 0 Å². The molecule has 0 saturated heterocycles. The van der Waals surface area contributed by atoms with Crippen molar-refractivity contribution in [3.05, 3.63) is 23.7 Å². The minimum absolute atomic E-state index is 0.0534. The Balaban J connectivity index is 2.14. The van der Waals surface area contributed by atoms with Crippen LogP contribution in [0.1, 0.15) is 44.4 Å². The van der Waals surface area contributed by atoms with Crippen LogP contribution in [0.5, 0.6) is 0 Å². The van der Waals surface area contributed by atoms with Gasteiger partial charge in [-0.3, -0.25) is 4.68 Å². The average Bonchev–Trinajstić information content (AvgIpc) is 2.97. The molecular weight excluding hydrogens is 264 g/mol. The summed E-state index contributed by atoms with van der Waals surface area (Å²) in [5, 5.41) is 7.25. The molecule has 1 heterocycles. The fourth-order valence-electron chi connectivity index (χ4n) is 2.95. The lowest BCUT2D eigenvalue weighted by atomic mass is 10.1. The summed E-state index contributed by atoms with van der Waals surface area (Å²) in [6.45, 7) is 9.28. The van der Waals surface area contributed by atoms with Crippen molar-refractivity contribution in [3.63, 3.8) is 0 Å². The van der Waals surface area contributed by atoms with Crippen molar-refractivity contribution in [2.75, 3.05) is 12.4 Å². The molecule has 0 spiro atoms. The number of ether oxygens (including phenoxy) is 1. The molecule has 1 aromatic heterocycles. The number of methoxy groups -OCH3 is 1. The van der Waals surface area contributed by atoms with E-state index >= 15 is 0 Å². The van der Waals surface area contributed by atoms with Crippen LogP contribution in [0.4, 0.5) is 14.6 Å². The number of fused-ring (bicyclic) bond motifs is 3. The van der Waals surface area contributed by atoms with E-state index in [9.17, 15) is 8.78 Å². The molecule has 2 aliphatic rings. The minimum atomic E-state index is -2.80. The smallest absolute Gasteiger partial charge is 0.293 e. The molecule has 20 heavy (non-hydrogen) atoms. The molecule has 4 nitrogen and oxygen atoms in total. The normalized spacial score (nSPS) is 25.9. The second-order valence-corrected chi connectivity index (χ2v) is 6.52. The zero-order valence-electron chi connectivity index (χ0n) is 12.1. The summed E-state index contributed by atoms with van der Waals surface area (Å²) in [5.41, 5.74) is 0.185. The van der Waals surface area contributed by atoms with Gasteiger partial charge in [0, 0.05) is 11.5 Å². The van der Waals surface area contributed by atoms with Crippen molar-refractivity contribution >= 4 is 5.82 Å². The highest BCUT2D eigenvalue weighted by molar-refractivity contribution is 5.59. The largest absolute Gasteiger partial charge is 0.483 e. The summed E-state index contributed by atoms with van der Waals surface area (Å²) in [6, 6.07) is 0. The van der Waals surface area contributed by atoms with Gasteiger partial charge in [0.25, 0.3) is 5.92 Å². The van der Waals surface area contributed by atoms with Gasteiger partial charge in [-0.1, -0.05) is 0 Å². The highest BCUT2D eigenvalue weighted by Gasteiger charge is 2.67. The van der Waals surface area contributed by atoms with Gasteiger partial charge in [0.1, 0.15) is 5.69 Å². The van der Waals surface area contributed by atoms with Gasteiger partial charge in [-0.25, -0.2) is 0 Å². The first-order valence-electron chi connectivity index (χ1n) is 6.69.